The summed E-state index contributed by atoms with van der Waals surface area (Å²) >= 11 is 0. The van der Waals surface area contributed by atoms with Crippen LogP contribution >= 0.6 is 0 Å². The van der Waals surface area contributed by atoms with E-state index >= 15 is 0 Å². The van der Waals surface area contributed by atoms with Gasteiger partial charge in [-0.3, -0.25) is 0 Å². The molecular formula is C15H15N3O3. The SMILES string of the molecule is COc1cc(N2CCc3ccccc3C2C(=O)O)ncn1. The number of fused-ring (bicyclic) bond motifs is 1. The van der Waals surface area contributed by atoms with E-state index in [1.54, 1.807) is 11.0 Å². The van der Waals surface area contributed by atoms with Crippen molar-refractivity contribution in [2.75, 3.05) is 18.6 Å². The Labute approximate surface area is 122 Å². The maximum atomic E-state index is 11.7. The van der Waals surface area contributed by atoms with Gasteiger partial charge in [-0.1, -0.05) is 24.3 Å². The van der Waals surface area contributed by atoms with E-state index in [9.17, 15) is 9.90 Å². The van der Waals surface area contributed by atoms with Gasteiger partial charge in [0.05, 0.1) is 7.11 Å². The maximum absolute atomic E-state index is 11.7. The lowest BCUT2D eigenvalue weighted by atomic mass is 9.92. The molecule has 21 heavy (non-hydrogen) atoms. The summed E-state index contributed by atoms with van der Waals surface area (Å²) in [6.45, 7) is 0.591. The Kier molecular flexibility index (Phi) is 3.43. The molecule has 1 aromatic carbocycles. The van der Waals surface area contributed by atoms with Crippen LogP contribution in [0.5, 0.6) is 5.88 Å². The van der Waals surface area contributed by atoms with Crippen LogP contribution in [0.1, 0.15) is 17.2 Å². The zero-order chi connectivity index (χ0) is 14.8. The summed E-state index contributed by atoms with van der Waals surface area (Å²) in [7, 11) is 1.52. The molecule has 0 saturated heterocycles. The van der Waals surface area contributed by atoms with Crippen molar-refractivity contribution < 1.29 is 14.6 Å². The first kappa shape index (κ1) is 13.4. The van der Waals surface area contributed by atoms with E-state index in [1.165, 1.54) is 13.4 Å². The van der Waals surface area contributed by atoms with Gasteiger partial charge >= 0.3 is 5.97 Å². The third kappa shape index (κ3) is 2.40. The molecule has 1 aliphatic rings. The van der Waals surface area contributed by atoms with E-state index in [0.717, 1.165) is 17.5 Å². The van der Waals surface area contributed by atoms with Gasteiger partial charge in [0.1, 0.15) is 12.1 Å². The molecule has 0 radical (unpaired) electrons. The minimum atomic E-state index is -0.889. The Morgan fingerprint density at radius 3 is 2.95 bits per heavy atom. The molecule has 0 fully saturated rings. The Morgan fingerprint density at radius 1 is 1.38 bits per heavy atom. The molecule has 108 valence electrons. The van der Waals surface area contributed by atoms with Crippen LogP contribution in [-0.4, -0.2) is 34.7 Å². The first-order valence-corrected chi connectivity index (χ1v) is 6.64. The quantitative estimate of drug-likeness (QED) is 0.924. The van der Waals surface area contributed by atoms with Gasteiger partial charge in [-0.15, -0.1) is 0 Å². The van der Waals surface area contributed by atoms with E-state index in [-0.39, 0.29) is 0 Å². The van der Waals surface area contributed by atoms with E-state index < -0.39 is 12.0 Å². The number of methoxy groups -OCH3 is 1. The molecule has 6 nitrogen and oxygen atoms in total. The number of rotatable bonds is 3. The number of carboxylic acids is 1. The average molecular weight is 285 g/mol. The summed E-state index contributed by atoms with van der Waals surface area (Å²) in [5, 5.41) is 9.63. The maximum Gasteiger partial charge on any atom is 0.331 e. The highest BCUT2D eigenvalue weighted by Crippen LogP contribution is 2.33. The lowest BCUT2D eigenvalue weighted by molar-refractivity contribution is -0.138. The fourth-order valence-electron chi connectivity index (χ4n) is 2.68. The molecule has 1 unspecified atom stereocenters. The van der Waals surface area contributed by atoms with Crippen LogP contribution in [0.15, 0.2) is 36.7 Å². The number of carboxylic acid groups (broad SMARTS) is 1. The van der Waals surface area contributed by atoms with Crippen molar-refractivity contribution >= 4 is 11.8 Å². The molecule has 6 heteroatoms. The van der Waals surface area contributed by atoms with Gasteiger partial charge in [0.15, 0.2) is 6.04 Å². The van der Waals surface area contributed by atoms with Crippen molar-refractivity contribution in [1.82, 2.24) is 9.97 Å². The number of ether oxygens (including phenoxy) is 1. The van der Waals surface area contributed by atoms with Crippen molar-refractivity contribution in [3.05, 3.63) is 47.8 Å². The molecule has 0 saturated carbocycles. The minimum Gasteiger partial charge on any atom is -0.481 e. The standard InChI is InChI=1S/C15H15N3O3/c1-21-13-8-12(16-9-17-13)18-7-6-10-4-2-3-5-11(10)14(18)15(19)20/h2-5,8-9,14H,6-7H2,1H3,(H,19,20). The molecular weight excluding hydrogens is 270 g/mol. The van der Waals surface area contributed by atoms with Gasteiger partial charge < -0.3 is 14.7 Å². The van der Waals surface area contributed by atoms with Gasteiger partial charge in [0.2, 0.25) is 5.88 Å². The van der Waals surface area contributed by atoms with Gasteiger partial charge in [0, 0.05) is 12.6 Å². The molecule has 1 aliphatic heterocycles. The summed E-state index contributed by atoms with van der Waals surface area (Å²) < 4.78 is 5.09. The van der Waals surface area contributed by atoms with Crippen LogP contribution in [0.25, 0.3) is 0 Å². The van der Waals surface area contributed by atoms with Gasteiger partial charge in [-0.2, -0.15) is 0 Å². The zero-order valence-corrected chi connectivity index (χ0v) is 11.6. The Balaban J connectivity index is 2.04. The van der Waals surface area contributed by atoms with Crippen LogP contribution in [0.3, 0.4) is 0 Å². The van der Waals surface area contributed by atoms with Crippen LogP contribution in [0.4, 0.5) is 5.82 Å². The summed E-state index contributed by atoms with van der Waals surface area (Å²) in [5.41, 5.74) is 1.89. The molecule has 0 bridgehead atoms. The minimum absolute atomic E-state index is 0.419. The molecule has 1 atom stereocenters. The second kappa shape index (κ2) is 5.40. The molecule has 0 aliphatic carbocycles. The fraction of sp³-hybridized carbons (Fsp3) is 0.267. The highest BCUT2D eigenvalue weighted by molar-refractivity contribution is 5.81. The highest BCUT2D eigenvalue weighted by atomic mass is 16.5. The van der Waals surface area contributed by atoms with Gasteiger partial charge in [-0.25, -0.2) is 14.8 Å². The van der Waals surface area contributed by atoms with Crippen LogP contribution < -0.4 is 9.64 Å². The van der Waals surface area contributed by atoms with Crippen molar-refractivity contribution in [3.8, 4) is 5.88 Å². The predicted molar refractivity (Wildman–Crippen MR) is 76.5 cm³/mol. The molecule has 0 amide bonds. The summed E-state index contributed by atoms with van der Waals surface area (Å²) in [5.74, 6) is 0.0893. The van der Waals surface area contributed by atoms with Crippen molar-refractivity contribution in [3.63, 3.8) is 0 Å². The predicted octanol–water partition coefficient (Wildman–Crippen LogP) is 1.67. The van der Waals surface area contributed by atoms with E-state index in [0.29, 0.717) is 18.2 Å². The van der Waals surface area contributed by atoms with E-state index in [1.807, 2.05) is 24.3 Å². The van der Waals surface area contributed by atoms with Crippen molar-refractivity contribution in [2.24, 2.45) is 0 Å². The number of anilines is 1. The molecule has 1 N–H and O–H groups in total. The third-order valence-electron chi connectivity index (χ3n) is 3.65. The summed E-state index contributed by atoms with van der Waals surface area (Å²) in [4.78, 5) is 21.7. The smallest absolute Gasteiger partial charge is 0.331 e. The number of aliphatic carboxylic acids is 1. The normalized spacial score (nSPS) is 17.2. The molecule has 0 spiro atoms. The van der Waals surface area contributed by atoms with Crippen molar-refractivity contribution in [1.29, 1.82) is 0 Å². The number of nitrogens with zero attached hydrogens (tertiary/aromatic N) is 3. The van der Waals surface area contributed by atoms with Crippen LogP contribution in [0.2, 0.25) is 0 Å². The summed E-state index contributed by atoms with van der Waals surface area (Å²) in [6.07, 6.45) is 2.17. The van der Waals surface area contributed by atoms with Crippen LogP contribution in [-0.2, 0) is 11.2 Å². The van der Waals surface area contributed by atoms with Gasteiger partial charge in [0.25, 0.3) is 0 Å². The third-order valence-corrected chi connectivity index (χ3v) is 3.65. The molecule has 3 rings (SSSR count). The first-order valence-electron chi connectivity index (χ1n) is 6.64. The molecule has 2 aromatic rings. The number of hydrogen-bond donors (Lipinski definition) is 1. The largest absolute Gasteiger partial charge is 0.481 e. The monoisotopic (exact) mass is 285 g/mol. The second-order valence-corrected chi connectivity index (χ2v) is 4.80. The van der Waals surface area contributed by atoms with Gasteiger partial charge in [-0.05, 0) is 17.5 Å². The van der Waals surface area contributed by atoms with E-state index in [2.05, 4.69) is 9.97 Å². The Morgan fingerprint density at radius 2 is 2.19 bits per heavy atom. The Bertz CT molecular complexity index is 675. The number of aromatic nitrogens is 2. The topological polar surface area (TPSA) is 75.5 Å². The average Bonchev–Trinajstić information content (AvgIpc) is 2.53. The highest BCUT2D eigenvalue weighted by Gasteiger charge is 2.33. The van der Waals surface area contributed by atoms with Crippen molar-refractivity contribution in [2.45, 2.75) is 12.5 Å². The van der Waals surface area contributed by atoms with E-state index in [4.69, 9.17) is 4.74 Å². The lowest BCUT2D eigenvalue weighted by Crippen LogP contribution is -2.40. The first-order chi connectivity index (χ1) is 10.2. The molecule has 1 aromatic heterocycles. The lowest BCUT2D eigenvalue weighted by Gasteiger charge is -2.35. The number of benzene rings is 1. The molecule has 2 heterocycles. The Hall–Kier alpha value is -2.63. The van der Waals surface area contributed by atoms with Crippen LogP contribution in [0, 0.1) is 0 Å². The fourth-order valence-corrected chi connectivity index (χ4v) is 2.68. The zero-order valence-electron chi connectivity index (χ0n) is 11.6. The summed E-state index contributed by atoms with van der Waals surface area (Å²) in [6, 6.07) is 8.54. The second-order valence-electron chi connectivity index (χ2n) is 4.80. The number of hydrogen-bond acceptors (Lipinski definition) is 5. The number of carbonyl (C=O) groups is 1.